The van der Waals surface area contributed by atoms with E-state index in [0.29, 0.717) is 6.61 Å². The molecule has 1 aromatic rings. The summed E-state index contributed by atoms with van der Waals surface area (Å²) in [4.78, 5) is 17.5. The van der Waals surface area contributed by atoms with Crippen molar-refractivity contribution < 1.29 is 4.74 Å². The van der Waals surface area contributed by atoms with Crippen LogP contribution >= 0.6 is 0 Å². The van der Waals surface area contributed by atoms with E-state index in [-0.39, 0.29) is 11.6 Å². The second-order valence-electron chi connectivity index (χ2n) is 2.92. The van der Waals surface area contributed by atoms with E-state index in [2.05, 4.69) is 15.3 Å². The number of ether oxygens (including phenoxy) is 1. The van der Waals surface area contributed by atoms with Gasteiger partial charge >= 0.3 is 0 Å². The first-order valence-corrected chi connectivity index (χ1v) is 4.22. The van der Waals surface area contributed by atoms with E-state index in [1.165, 1.54) is 12.4 Å². The van der Waals surface area contributed by atoms with Gasteiger partial charge in [-0.1, -0.05) is 0 Å². The lowest BCUT2D eigenvalue weighted by Crippen LogP contribution is -2.35. The quantitative estimate of drug-likeness (QED) is 0.609. The van der Waals surface area contributed by atoms with Gasteiger partial charge in [0.25, 0.3) is 5.56 Å². The molecule has 1 fully saturated rings. The van der Waals surface area contributed by atoms with Crippen LogP contribution in [0, 0.1) is 0 Å². The van der Waals surface area contributed by atoms with E-state index in [9.17, 15) is 4.79 Å². The Kier molecular flexibility index (Phi) is 2.37. The van der Waals surface area contributed by atoms with Crippen molar-refractivity contribution in [2.75, 3.05) is 19.8 Å². The maximum atomic E-state index is 11.0. The molecule has 5 heteroatoms. The fourth-order valence-corrected chi connectivity index (χ4v) is 1.33. The third-order valence-corrected chi connectivity index (χ3v) is 1.98. The predicted molar refractivity (Wildman–Crippen MR) is 46.4 cm³/mol. The topological polar surface area (TPSA) is 67.0 Å². The highest BCUT2D eigenvalue weighted by Crippen LogP contribution is 2.09. The van der Waals surface area contributed by atoms with Crippen molar-refractivity contribution in [3.63, 3.8) is 0 Å². The fourth-order valence-electron chi connectivity index (χ4n) is 1.33. The Morgan fingerprint density at radius 2 is 2.54 bits per heavy atom. The minimum Gasteiger partial charge on any atom is -0.378 e. The summed E-state index contributed by atoms with van der Waals surface area (Å²) in [5.74, 6) is 0. The number of aromatic amines is 1. The second kappa shape index (κ2) is 3.68. The highest BCUT2D eigenvalue weighted by atomic mass is 16.5. The Morgan fingerprint density at radius 3 is 3.23 bits per heavy atom. The molecule has 13 heavy (non-hydrogen) atoms. The van der Waals surface area contributed by atoms with Gasteiger partial charge in [0.2, 0.25) is 0 Å². The van der Waals surface area contributed by atoms with Crippen LogP contribution in [0.15, 0.2) is 17.2 Å². The molecule has 2 rings (SSSR count). The van der Waals surface area contributed by atoms with Gasteiger partial charge in [-0.2, -0.15) is 0 Å². The van der Waals surface area contributed by atoms with Crippen LogP contribution in [0.25, 0.3) is 0 Å². The summed E-state index contributed by atoms with van der Waals surface area (Å²) in [5.41, 5.74) is 0.612. The van der Waals surface area contributed by atoms with Crippen LogP contribution in [0.3, 0.4) is 0 Å². The fraction of sp³-hybridized carbons (Fsp3) is 0.500. The molecule has 0 saturated carbocycles. The first kappa shape index (κ1) is 8.40. The van der Waals surface area contributed by atoms with Gasteiger partial charge in [0, 0.05) is 12.6 Å². The summed E-state index contributed by atoms with van der Waals surface area (Å²) in [6.07, 6.45) is 1.41. The van der Waals surface area contributed by atoms with Crippen molar-refractivity contribution >= 4 is 0 Å². The molecule has 1 aromatic heterocycles. The van der Waals surface area contributed by atoms with Crippen molar-refractivity contribution in [3.8, 4) is 0 Å². The lowest BCUT2D eigenvalue weighted by Gasteiger charge is -2.22. The molecule has 0 aromatic carbocycles. The van der Waals surface area contributed by atoms with Gasteiger partial charge in [-0.15, -0.1) is 0 Å². The lowest BCUT2D eigenvalue weighted by molar-refractivity contribution is 0.0755. The van der Waals surface area contributed by atoms with Gasteiger partial charge in [0.1, 0.15) is 0 Å². The smallest absolute Gasteiger partial charge is 0.250 e. The normalized spacial score (nSPS) is 22.9. The largest absolute Gasteiger partial charge is 0.378 e. The molecular weight excluding hydrogens is 170 g/mol. The number of H-pyrrole nitrogens is 1. The lowest BCUT2D eigenvalue weighted by atomic mass is 10.2. The zero-order chi connectivity index (χ0) is 9.10. The Hall–Kier alpha value is -1.20. The first-order valence-electron chi connectivity index (χ1n) is 4.22. The zero-order valence-electron chi connectivity index (χ0n) is 7.12. The van der Waals surface area contributed by atoms with E-state index >= 15 is 0 Å². The van der Waals surface area contributed by atoms with Crippen LogP contribution in [0.5, 0.6) is 0 Å². The molecule has 0 amide bonds. The summed E-state index contributed by atoms with van der Waals surface area (Å²) >= 11 is 0. The van der Waals surface area contributed by atoms with Crippen LogP contribution in [0.4, 0.5) is 0 Å². The number of nitrogens with one attached hydrogen (secondary N) is 2. The molecule has 2 heterocycles. The van der Waals surface area contributed by atoms with Crippen molar-refractivity contribution in [2.45, 2.75) is 6.04 Å². The van der Waals surface area contributed by atoms with Crippen molar-refractivity contribution in [1.82, 2.24) is 15.3 Å². The molecule has 1 atom stereocenters. The van der Waals surface area contributed by atoms with Crippen molar-refractivity contribution in [1.29, 1.82) is 0 Å². The highest BCUT2D eigenvalue weighted by molar-refractivity contribution is 5.05. The van der Waals surface area contributed by atoms with Gasteiger partial charge in [-0.3, -0.25) is 4.79 Å². The third kappa shape index (κ3) is 1.93. The molecule has 1 unspecified atom stereocenters. The van der Waals surface area contributed by atoms with Gasteiger partial charge in [-0.05, 0) is 0 Å². The molecule has 0 spiro atoms. The standard InChI is InChI=1S/C8H11N3O2/c12-8-3-6(10-5-11-8)7-4-13-2-1-9-7/h3,5,7,9H,1-2,4H2,(H,10,11,12). The van der Waals surface area contributed by atoms with E-state index < -0.39 is 0 Å². The van der Waals surface area contributed by atoms with Crippen LogP contribution in [0.2, 0.25) is 0 Å². The number of aromatic nitrogens is 2. The van der Waals surface area contributed by atoms with Gasteiger partial charge in [0.05, 0.1) is 31.3 Å². The molecule has 1 aliphatic rings. The maximum Gasteiger partial charge on any atom is 0.250 e. The average molecular weight is 181 g/mol. The van der Waals surface area contributed by atoms with E-state index in [4.69, 9.17) is 4.74 Å². The second-order valence-corrected chi connectivity index (χ2v) is 2.92. The molecule has 1 aliphatic heterocycles. The molecule has 70 valence electrons. The van der Waals surface area contributed by atoms with Crippen LogP contribution < -0.4 is 10.9 Å². The zero-order valence-corrected chi connectivity index (χ0v) is 7.12. The van der Waals surface area contributed by atoms with Crippen molar-refractivity contribution in [2.24, 2.45) is 0 Å². The SMILES string of the molecule is O=c1cc(C2COCCN2)nc[nH]1. The molecule has 5 nitrogen and oxygen atoms in total. The van der Waals surface area contributed by atoms with Gasteiger partial charge in [-0.25, -0.2) is 4.98 Å². The van der Waals surface area contributed by atoms with Gasteiger partial charge < -0.3 is 15.0 Å². The van der Waals surface area contributed by atoms with Gasteiger partial charge in [0.15, 0.2) is 0 Å². The molecule has 1 saturated heterocycles. The monoisotopic (exact) mass is 181 g/mol. The predicted octanol–water partition coefficient (Wildman–Crippen LogP) is -0.569. The minimum atomic E-state index is -0.127. The molecule has 0 aliphatic carbocycles. The average Bonchev–Trinajstić information content (AvgIpc) is 2.19. The molecule has 2 N–H and O–H groups in total. The number of morpholine rings is 1. The van der Waals surface area contributed by atoms with Crippen LogP contribution in [-0.4, -0.2) is 29.7 Å². The van der Waals surface area contributed by atoms with E-state index in [0.717, 1.165) is 18.8 Å². The minimum absolute atomic E-state index is 0.0519. The maximum absolute atomic E-state index is 11.0. The summed E-state index contributed by atoms with van der Waals surface area (Å²) in [6, 6.07) is 1.54. The van der Waals surface area contributed by atoms with Crippen LogP contribution in [0.1, 0.15) is 11.7 Å². The summed E-state index contributed by atoms with van der Waals surface area (Å²) < 4.78 is 5.26. The molecular formula is C8H11N3O2. The number of nitrogens with zero attached hydrogens (tertiary/aromatic N) is 1. The third-order valence-electron chi connectivity index (χ3n) is 1.98. The number of hydrogen-bond donors (Lipinski definition) is 2. The summed E-state index contributed by atoms with van der Waals surface area (Å²) in [5, 5.41) is 3.22. The Morgan fingerprint density at radius 1 is 1.62 bits per heavy atom. The Balaban J connectivity index is 2.19. The number of hydrogen-bond acceptors (Lipinski definition) is 4. The van der Waals surface area contributed by atoms with Crippen molar-refractivity contribution in [3.05, 3.63) is 28.4 Å². The van der Waals surface area contributed by atoms with E-state index in [1.54, 1.807) is 0 Å². The molecule has 0 radical (unpaired) electrons. The van der Waals surface area contributed by atoms with E-state index in [1.807, 2.05) is 0 Å². The first-order chi connectivity index (χ1) is 6.36. The summed E-state index contributed by atoms with van der Waals surface area (Å²) in [7, 11) is 0. The number of rotatable bonds is 1. The Labute approximate surface area is 75.1 Å². The Bertz CT molecular complexity index is 330. The van der Waals surface area contributed by atoms with Crippen LogP contribution in [-0.2, 0) is 4.74 Å². The summed E-state index contributed by atoms with van der Waals surface area (Å²) in [6.45, 7) is 2.11. The highest BCUT2D eigenvalue weighted by Gasteiger charge is 2.16. The molecule has 0 bridgehead atoms.